The number of amides is 1. The number of rotatable bonds is 5. The summed E-state index contributed by atoms with van der Waals surface area (Å²) in [5.41, 5.74) is 0.0943. The smallest absolute Gasteiger partial charge is 0.282 e. The van der Waals surface area contributed by atoms with E-state index in [1.165, 1.54) is 24.4 Å². The summed E-state index contributed by atoms with van der Waals surface area (Å²) >= 11 is 0. The third kappa shape index (κ3) is 4.11. The Morgan fingerprint density at radius 3 is 2.67 bits per heavy atom. The van der Waals surface area contributed by atoms with Crippen molar-refractivity contribution in [3.8, 4) is 0 Å². The van der Waals surface area contributed by atoms with Crippen molar-refractivity contribution in [1.29, 1.82) is 0 Å². The summed E-state index contributed by atoms with van der Waals surface area (Å²) in [5.74, 6) is 0.470. The number of hydrogen-bond donors (Lipinski definition) is 1. The number of anilines is 3. The average molecular weight is 372 g/mol. The molecule has 2 heterocycles. The van der Waals surface area contributed by atoms with Gasteiger partial charge in [-0.25, -0.2) is 4.98 Å². The summed E-state index contributed by atoms with van der Waals surface area (Å²) in [6.07, 6.45) is 1.51. The van der Waals surface area contributed by atoms with Crippen LogP contribution in [0.1, 0.15) is 10.4 Å². The molecule has 1 fully saturated rings. The van der Waals surface area contributed by atoms with Gasteiger partial charge in [-0.05, 0) is 6.07 Å². The summed E-state index contributed by atoms with van der Waals surface area (Å²) in [4.78, 5) is 35.8. The molecule has 1 aliphatic rings. The van der Waals surface area contributed by atoms with Crippen LogP contribution >= 0.6 is 0 Å². The van der Waals surface area contributed by atoms with Gasteiger partial charge in [-0.1, -0.05) is 12.1 Å². The number of benzene rings is 1. The molecule has 1 saturated heterocycles. The van der Waals surface area contributed by atoms with Crippen LogP contribution in [0.4, 0.5) is 23.1 Å². The highest BCUT2D eigenvalue weighted by molar-refractivity contribution is 6.08. The van der Waals surface area contributed by atoms with E-state index in [1.54, 1.807) is 25.1 Å². The molecule has 3 rings (SSSR count). The van der Waals surface area contributed by atoms with Gasteiger partial charge in [-0.3, -0.25) is 14.9 Å². The van der Waals surface area contributed by atoms with Crippen molar-refractivity contribution in [3.63, 3.8) is 0 Å². The summed E-state index contributed by atoms with van der Waals surface area (Å²) in [6.45, 7) is 2.59. The molecule has 10 nitrogen and oxygen atoms in total. The lowest BCUT2D eigenvalue weighted by atomic mass is 10.1. The Morgan fingerprint density at radius 1 is 1.30 bits per heavy atom. The molecule has 10 heteroatoms. The first-order valence-corrected chi connectivity index (χ1v) is 8.39. The zero-order chi connectivity index (χ0) is 19.4. The Balaban J connectivity index is 1.88. The molecule has 27 heavy (non-hydrogen) atoms. The SMILES string of the molecule is CN(C)c1nc(N2CCOCC2)ncc1NC(=O)c1ccccc1[N+](=O)[O-]. The first-order valence-electron chi connectivity index (χ1n) is 8.39. The van der Waals surface area contributed by atoms with Crippen molar-refractivity contribution in [2.75, 3.05) is 55.5 Å². The van der Waals surface area contributed by atoms with Gasteiger partial charge in [0, 0.05) is 33.3 Å². The number of nitro groups is 1. The summed E-state index contributed by atoms with van der Waals surface area (Å²) in [5, 5.41) is 13.8. The van der Waals surface area contributed by atoms with Crippen LogP contribution in [0.5, 0.6) is 0 Å². The number of nitrogens with one attached hydrogen (secondary N) is 1. The first kappa shape index (κ1) is 18.5. The van der Waals surface area contributed by atoms with Gasteiger partial charge in [-0.2, -0.15) is 4.98 Å². The van der Waals surface area contributed by atoms with Gasteiger partial charge in [0.25, 0.3) is 11.6 Å². The normalized spacial score (nSPS) is 13.9. The fourth-order valence-electron chi connectivity index (χ4n) is 2.72. The van der Waals surface area contributed by atoms with E-state index in [2.05, 4.69) is 15.3 Å². The van der Waals surface area contributed by atoms with Crippen LogP contribution in [0.2, 0.25) is 0 Å². The van der Waals surface area contributed by atoms with Gasteiger partial charge in [0.05, 0.1) is 24.3 Å². The second kappa shape index (κ2) is 7.96. The quantitative estimate of drug-likeness (QED) is 0.621. The summed E-state index contributed by atoms with van der Waals surface area (Å²) in [7, 11) is 3.60. The van der Waals surface area contributed by atoms with Gasteiger partial charge in [0.1, 0.15) is 11.3 Å². The third-order valence-electron chi connectivity index (χ3n) is 4.07. The number of carbonyl (C=O) groups is 1. The Hall–Kier alpha value is -3.27. The minimum Gasteiger partial charge on any atom is -0.378 e. The van der Waals surface area contributed by atoms with E-state index in [4.69, 9.17) is 4.74 Å². The minimum atomic E-state index is -0.590. The lowest BCUT2D eigenvalue weighted by Crippen LogP contribution is -2.37. The number of nitrogens with zero attached hydrogens (tertiary/aromatic N) is 5. The lowest BCUT2D eigenvalue weighted by Gasteiger charge is -2.28. The molecule has 1 N–H and O–H groups in total. The molecule has 0 spiro atoms. The van der Waals surface area contributed by atoms with Gasteiger partial charge >= 0.3 is 0 Å². The van der Waals surface area contributed by atoms with E-state index < -0.39 is 10.8 Å². The second-order valence-corrected chi connectivity index (χ2v) is 6.13. The largest absolute Gasteiger partial charge is 0.378 e. The molecule has 1 aromatic heterocycles. The van der Waals surface area contributed by atoms with Crippen molar-refractivity contribution in [1.82, 2.24) is 9.97 Å². The van der Waals surface area contributed by atoms with Crippen LogP contribution in [0.25, 0.3) is 0 Å². The van der Waals surface area contributed by atoms with Crippen molar-refractivity contribution in [2.24, 2.45) is 0 Å². The number of nitro benzene ring substituents is 1. The molecule has 1 aromatic carbocycles. The third-order valence-corrected chi connectivity index (χ3v) is 4.07. The molecule has 2 aromatic rings. The van der Waals surface area contributed by atoms with Crippen molar-refractivity contribution in [2.45, 2.75) is 0 Å². The summed E-state index contributed by atoms with van der Waals surface area (Å²) in [6, 6.07) is 5.79. The Morgan fingerprint density at radius 2 is 2.00 bits per heavy atom. The van der Waals surface area contributed by atoms with E-state index in [0.717, 1.165) is 0 Å². The second-order valence-electron chi connectivity index (χ2n) is 6.13. The topological polar surface area (TPSA) is 114 Å². The van der Waals surface area contributed by atoms with Gasteiger partial charge in [-0.15, -0.1) is 0 Å². The number of carbonyl (C=O) groups excluding carboxylic acids is 1. The van der Waals surface area contributed by atoms with Crippen LogP contribution in [0.3, 0.4) is 0 Å². The molecular formula is C17H20N6O4. The van der Waals surface area contributed by atoms with Crippen molar-refractivity contribution in [3.05, 3.63) is 46.1 Å². The molecule has 1 amide bonds. The maximum atomic E-state index is 12.6. The monoisotopic (exact) mass is 372 g/mol. The highest BCUT2D eigenvalue weighted by atomic mass is 16.6. The van der Waals surface area contributed by atoms with E-state index in [0.29, 0.717) is 43.8 Å². The fraction of sp³-hybridized carbons (Fsp3) is 0.353. The van der Waals surface area contributed by atoms with Crippen molar-refractivity contribution < 1.29 is 14.5 Å². The lowest BCUT2D eigenvalue weighted by molar-refractivity contribution is -0.385. The number of ether oxygens (including phenoxy) is 1. The van der Waals surface area contributed by atoms with Crippen molar-refractivity contribution >= 4 is 29.0 Å². The standard InChI is InChI=1S/C17H20N6O4/c1-21(2)15-13(11-18-17(20-15)22-7-9-27-10-8-22)19-16(24)12-5-3-4-6-14(12)23(25)26/h3-6,11H,7-10H2,1-2H3,(H,19,24). The molecule has 0 atom stereocenters. The Labute approximate surface area is 155 Å². The van der Waals surface area contributed by atoms with Gasteiger partial charge in [0.2, 0.25) is 5.95 Å². The Bertz CT molecular complexity index is 851. The van der Waals surface area contributed by atoms with E-state index in [9.17, 15) is 14.9 Å². The number of aromatic nitrogens is 2. The highest BCUT2D eigenvalue weighted by Crippen LogP contribution is 2.26. The highest BCUT2D eigenvalue weighted by Gasteiger charge is 2.22. The number of hydrogen-bond acceptors (Lipinski definition) is 8. The zero-order valence-electron chi connectivity index (χ0n) is 15.1. The molecule has 0 radical (unpaired) electrons. The predicted molar refractivity (Wildman–Crippen MR) is 100 cm³/mol. The van der Waals surface area contributed by atoms with E-state index >= 15 is 0 Å². The molecule has 0 saturated carbocycles. The summed E-state index contributed by atoms with van der Waals surface area (Å²) < 4.78 is 5.34. The maximum absolute atomic E-state index is 12.6. The van der Waals surface area contributed by atoms with E-state index in [1.807, 2.05) is 4.90 Å². The molecule has 0 unspecified atom stereocenters. The average Bonchev–Trinajstić information content (AvgIpc) is 2.68. The van der Waals surface area contributed by atoms with Gasteiger partial charge < -0.3 is 19.9 Å². The minimum absolute atomic E-state index is 0.0236. The molecular weight excluding hydrogens is 352 g/mol. The van der Waals surface area contributed by atoms with Crippen LogP contribution in [-0.2, 0) is 4.74 Å². The molecule has 142 valence electrons. The molecule has 0 aliphatic carbocycles. The Kier molecular flexibility index (Phi) is 5.46. The maximum Gasteiger partial charge on any atom is 0.282 e. The fourth-order valence-corrected chi connectivity index (χ4v) is 2.72. The molecule has 1 aliphatic heterocycles. The van der Waals surface area contributed by atoms with Crippen LogP contribution in [-0.4, -0.2) is 61.2 Å². The number of para-hydroxylation sites is 1. The van der Waals surface area contributed by atoms with Crippen LogP contribution in [0, 0.1) is 10.1 Å². The van der Waals surface area contributed by atoms with E-state index in [-0.39, 0.29) is 11.3 Å². The van der Waals surface area contributed by atoms with Gasteiger partial charge in [0.15, 0.2) is 5.82 Å². The van der Waals surface area contributed by atoms with Crippen LogP contribution < -0.4 is 15.1 Å². The number of morpholine rings is 1. The first-order chi connectivity index (χ1) is 13.0. The molecule has 0 bridgehead atoms. The zero-order valence-corrected chi connectivity index (χ0v) is 15.1. The predicted octanol–water partition coefficient (Wildman–Crippen LogP) is 1.54. The van der Waals surface area contributed by atoms with Crippen LogP contribution in [0.15, 0.2) is 30.5 Å².